The first kappa shape index (κ1) is 19.6. The highest BCUT2D eigenvalue weighted by atomic mass is 19.1. The van der Waals surface area contributed by atoms with Crippen LogP contribution in [0.5, 0.6) is 5.75 Å². The van der Waals surface area contributed by atoms with Crippen molar-refractivity contribution in [3.63, 3.8) is 0 Å². The maximum absolute atomic E-state index is 13.2. The van der Waals surface area contributed by atoms with Crippen LogP contribution in [-0.2, 0) is 13.0 Å². The minimum absolute atomic E-state index is 0.194. The van der Waals surface area contributed by atoms with E-state index in [2.05, 4.69) is 10.3 Å². The second-order valence-electron chi connectivity index (χ2n) is 7.16. The van der Waals surface area contributed by atoms with Crippen LogP contribution in [0.15, 0.2) is 73.1 Å². The molecule has 2 aromatic heterocycles. The van der Waals surface area contributed by atoms with E-state index in [-0.39, 0.29) is 11.7 Å². The second-order valence-corrected chi connectivity index (χ2v) is 7.16. The Bertz CT molecular complexity index is 1190. The van der Waals surface area contributed by atoms with E-state index in [9.17, 15) is 9.18 Å². The summed E-state index contributed by atoms with van der Waals surface area (Å²) in [6, 6.07) is 17.4. The van der Waals surface area contributed by atoms with Crippen LogP contribution in [0.25, 0.3) is 5.65 Å². The summed E-state index contributed by atoms with van der Waals surface area (Å²) in [6.07, 6.45) is 4.51. The molecule has 0 atom stereocenters. The maximum atomic E-state index is 13.2. The molecule has 0 bridgehead atoms. The minimum atomic E-state index is -0.274. The van der Waals surface area contributed by atoms with Crippen LogP contribution < -0.4 is 10.1 Å². The number of imidazole rings is 1. The Balaban J connectivity index is 1.33. The number of nitrogens with zero attached hydrogens (tertiary/aromatic N) is 2. The second kappa shape index (κ2) is 8.78. The summed E-state index contributed by atoms with van der Waals surface area (Å²) in [7, 11) is 0. The average Bonchev–Trinajstić information content (AvgIpc) is 3.14. The first-order valence-electron chi connectivity index (χ1n) is 9.76. The fourth-order valence-electron chi connectivity index (χ4n) is 3.22. The lowest BCUT2D eigenvalue weighted by atomic mass is 10.1. The molecule has 6 heteroatoms. The summed E-state index contributed by atoms with van der Waals surface area (Å²) in [5.41, 5.74) is 4.19. The summed E-state index contributed by atoms with van der Waals surface area (Å²) in [6.45, 7) is 2.77. The molecule has 30 heavy (non-hydrogen) atoms. The Kier molecular flexibility index (Phi) is 5.75. The van der Waals surface area contributed by atoms with Crippen molar-refractivity contribution in [2.75, 3.05) is 6.54 Å². The van der Waals surface area contributed by atoms with E-state index in [0.29, 0.717) is 30.9 Å². The van der Waals surface area contributed by atoms with Gasteiger partial charge in [-0.1, -0.05) is 24.3 Å². The first-order valence-corrected chi connectivity index (χ1v) is 9.76. The number of hydrogen-bond donors (Lipinski definition) is 1. The molecule has 2 aromatic carbocycles. The number of halogens is 1. The molecule has 0 radical (unpaired) electrons. The Hall–Kier alpha value is -3.67. The number of amides is 1. The zero-order valence-electron chi connectivity index (χ0n) is 16.6. The SMILES string of the molecule is Cc1ccc2nc(COc3cccc(C(=O)NCCc4cccc(F)c4)c3)cn2c1. The van der Waals surface area contributed by atoms with Gasteiger partial charge in [0.25, 0.3) is 5.91 Å². The van der Waals surface area contributed by atoms with E-state index >= 15 is 0 Å². The van der Waals surface area contributed by atoms with Gasteiger partial charge < -0.3 is 14.5 Å². The highest BCUT2D eigenvalue weighted by molar-refractivity contribution is 5.94. The van der Waals surface area contributed by atoms with Crippen molar-refractivity contribution >= 4 is 11.6 Å². The van der Waals surface area contributed by atoms with Crippen molar-refractivity contribution < 1.29 is 13.9 Å². The van der Waals surface area contributed by atoms with Gasteiger partial charge in [0, 0.05) is 24.5 Å². The number of aryl methyl sites for hydroxylation is 1. The third-order valence-corrected chi connectivity index (χ3v) is 4.72. The van der Waals surface area contributed by atoms with Gasteiger partial charge >= 0.3 is 0 Å². The highest BCUT2D eigenvalue weighted by Crippen LogP contribution is 2.16. The van der Waals surface area contributed by atoms with Crippen molar-refractivity contribution in [1.29, 1.82) is 0 Å². The molecule has 5 nitrogen and oxygen atoms in total. The van der Waals surface area contributed by atoms with Gasteiger partial charge in [0.05, 0.1) is 5.69 Å². The van der Waals surface area contributed by atoms with Crippen molar-refractivity contribution in [2.45, 2.75) is 20.0 Å². The summed E-state index contributed by atoms with van der Waals surface area (Å²) in [5, 5.41) is 2.86. The zero-order chi connectivity index (χ0) is 20.9. The summed E-state index contributed by atoms with van der Waals surface area (Å²) in [5.74, 6) is 0.130. The highest BCUT2D eigenvalue weighted by Gasteiger charge is 2.08. The predicted molar refractivity (Wildman–Crippen MR) is 113 cm³/mol. The summed E-state index contributed by atoms with van der Waals surface area (Å²) >= 11 is 0. The largest absolute Gasteiger partial charge is 0.487 e. The van der Waals surface area contributed by atoms with E-state index in [0.717, 1.165) is 22.5 Å². The van der Waals surface area contributed by atoms with Crippen molar-refractivity contribution in [3.8, 4) is 5.75 Å². The quantitative estimate of drug-likeness (QED) is 0.500. The molecule has 4 rings (SSSR count). The smallest absolute Gasteiger partial charge is 0.251 e. The van der Waals surface area contributed by atoms with Crippen LogP contribution in [-0.4, -0.2) is 21.8 Å². The predicted octanol–water partition coefficient (Wildman–Crippen LogP) is 4.33. The van der Waals surface area contributed by atoms with Crippen LogP contribution in [0.3, 0.4) is 0 Å². The van der Waals surface area contributed by atoms with Crippen LogP contribution in [0.1, 0.15) is 27.2 Å². The number of benzene rings is 2. The lowest BCUT2D eigenvalue weighted by Gasteiger charge is -2.08. The van der Waals surface area contributed by atoms with Gasteiger partial charge in [0.2, 0.25) is 0 Å². The molecule has 1 amide bonds. The van der Waals surface area contributed by atoms with Crippen molar-refractivity contribution in [3.05, 3.63) is 101 Å². The normalized spacial score (nSPS) is 10.9. The van der Waals surface area contributed by atoms with Gasteiger partial charge in [0.15, 0.2) is 0 Å². The molecule has 0 saturated heterocycles. The van der Waals surface area contributed by atoms with Crippen LogP contribution in [0, 0.1) is 12.7 Å². The number of nitrogens with one attached hydrogen (secondary N) is 1. The first-order chi connectivity index (χ1) is 14.6. The molecule has 0 aliphatic heterocycles. The van der Waals surface area contributed by atoms with Gasteiger partial charge in [-0.3, -0.25) is 4.79 Å². The van der Waals surface area contributed by atoms with Crippen LogP contribution in [0.4, 0.5) is 4.39 Å². The number of fused-ring (bicyclic) bond motifs is 1. The number of rotatable bonds is 7. The number of aromatic nitrogens is 2. The molecule has 0 unspecified atom stereocenters. The molecule has 0 saturated carbocycles. The third kappa shape index (κ3) is 4.84. The summed E-state index contributed by atoms with van der Waals surface area (Å²) < 4.78 is 21.0. The molecule has 0 aliphatic carbocycles. The Morgan fingerprint density at radius 1 is 1.10 bits per heavy atom. The molecule has 4 aromatic rings. The Morgan fingerprint density at radius 3 is 2.83 bits per heavy atom. The van der Waals surface area contributed by atoms with E-state index in [4.69, 9.17) is 4.74 Å². The molecular formula is C24H22FN3O2. The molecule has 1 N–H and O–H groups in total. The van der Waals surface area contributed by atoms with Gasteiger partial charge in [0.1, 0.15) is 23.8 Å². The summed E-state index contributed by atoms with van der Waals surface area (Å²) in [4.78, 5) is 17.0. The van der Waals surface area contributed by atoms with Crippen molar-refractivity contribution in [1.82, 2.24) is 14.7 Å². The van der Waals surface area contributed by atoms with E-state index < -0.39 is 0 Å². The van der Waals surface area contributed by atoms with Gasteiger partial charge in [-0.15, -0.1) is 0 Å². The molecule has 152 valence electrons. The van der Waals surface area contributed by atoms with Crippen LogP contribution in [0.2, 0.25) is 0 Å². The lowest BCUT2D eigenvalue weighted by Crippen LogP contribution is -2.25. The number of pyridine rings is 1. The molecule has 0 fully saturated rings. The average molecular weight is 403 g/mol. The van der Waals surface area contributed by atoms with Crippen LogP contribution >= 0.6 is 0 Å². The van der Waals surface area contributed by atoms with Gasteiger partial charge in [-0.2, -0.15) is 0 Å². The topological polar surface area (TPSA) is 55.6 Å². The monoisotopic (exact) mass is 403 g/mol. The van der Waals surface area contributed by atoms with E-state index in [1.807, 2.05) is 48.0 Å². The fourth-order valence-corrected chi connectivity index (χ4v) is 3.22. The number of carbonyl (C=O) groups excluding carboxylic acids is 1. The number of hydrogen-bond acceptors (Lipinski definition) is 3. The Labute approximate surface area is 174 Å². The van der Waals surface area contributed by atoms with E-state index in [1.165, 1.54) is 12.1 Å². The number of carbonyl (C=O) groups is 1. The maximum Gasteiger partial charge on any atom is 0.251 e. The van der Waals surface area contributed by atoms with Gasteiger partial charge in [-0.25, -0.2) is 9.37 Å². The van der Waals surface area contributed by atoms with Crippen molar-refractivity contribution in [2.24, 2.45) is 0 Å². The zero-order valence-corrected chi connectivity index (χ0v) is 16.6. The third-order valence-electron chi connectivity index (χ3n) is 4.72. The van der Waals surface area contributed by atoms with Gasteiger partial charge in [-0.05, 0) is 60.9 Å². The lowest BCUT2D eigenvalue weighted by molar-refractivity contribution is 0.0953. The Morgan fingerprint density at radius 2 is 1.97 bits per heavy atom. The minimum Gasteiger partial charge on any atom is -0.487 e. The molecular weight excluding hydrogens is 381 g/mol. The molecule has 0 spiro atoms. The fraction of sp³-hybridized carbons (Fsp3) is 0.167. The number of ether oxygens (including phenoxy) is 1. The molecule has 0 aliphatic rings. The van der Waals surface area contributed by atoms with E-state index in [1.54, 1.807) is 24.3 Å². The molecule has 2 heterocycles. The standard InChI is InChI=1S/C24H22FN3O2/c1-17-8-9-23-27-21(15-28(23)14-17)16-30-22-7-3-5-19(13-22)24(29)26-11-10-18-4-2-6-20(25)12-18/h2-9,12-15H,10-11,16H2,1H3,(H,26,29).